The number of carbonyl (C=O) groups is 2. The summed E-state index contributed by atoms with van der Waals surface area (Å²) in [6, 6.07) is 10.3. The number of amides is 2. The van der Waals surface area contributed by atoms with E-state index in [1.54, 1.807) is 31.5 Å². The summed E-state index contributed by atoms with van der Waals surface area (Å²) in [4.78, 5) is 35.6. The Labute approximate surface area is 160 Å². The molecule has 2 heterocycles. The zero-order valence-electron chi connectivity index (χ0n) is 14.9. The highest BCUT2D eigenvalue weighted by molar-refractivity contribution is 5.94. The van der Waals surface area contributed by atoms with Crippen LogP contribution in [0, 0.1) is 0 Å². The van der Waals surface area contributed by atoms with E-state index < -0.39 is 11.8 Å². The van der Waals surface area contributed by atoms with Gasteiger partial charge >= 0.3 is 0 Å². The van der Waals surface area contributed by atoms with E-state index in [0.717, 1.165) is 11.3 Å². The minimum Gasteiger partial charge on any atom is -0.497 e. The van der Waals surface area contributed by atoms with E-state index in [9.17, 15) is 9.59 Å². The number of hydrogen-bond donors (Lipinski definition) is 2. The lowest BCUT2D eigenvalue weighted by Crippen LogP contribution is -2.19. The molecule has 3 rings (SSSR count). The van der Waals surface area contributed by atoms with Crippen molar-refractivity contribution in [3.05, 3.63) is 71.9 Å². The van der Waals surface area contributed by atoms with Crippen molar-refractivity contribution in [1.29, 1.82) is 0 Å². The Morgan fingerprint density at radius 1 is 1.14 bits per heavy atom. The Kier molecular flexibility index (Phi) is 5.66. The normalized spacial score (nSPS) is 10.6. The van der Waals surface area contributed by atoms with Crippen molar-refractivity contribution in [2.24, 2.45) is 10.8 Å². The maximum Gasteiger partial charge on any atom is 0.291 e. The summed E-state index contributed by atoms with van der Waals surface area (Å²) in [5, 5.41) is 3.85. The van der Waals surface area contributed by atoms with Crippen molar-refractivity contribution in [2.75, 3.05) is 7.11 Å². The number of nitrogens with one attached hydrogen (secondary N) is 1. The Balaban J connectivity index is 1.70. The van der Waals surface area contributed by atoms with Crippen LogP contribution in [0.2, 0.25) is 0 Å². The molecule has 0 fully saturated rings. The van der Waals surface area contributed by atoms with Crippen molar-refractivity contribution < 1.29 is 14.3 Å². The number of carbonyl (C=O) groups excluding carboxylic acids is 2. The topological polar surface area (TPSA) is 132 Å². The SMILES string of the molecule is COc1ccc(-c2cncc(C(=O)N/N=C/c3ccnc(C(N)=O)c3)n2)cc1. The second-order valence-corrected chi connectivity index (χ2v) is 5.56. The van der Waals surface area contributed by atoms with Gasteiger partial charge in [0.25, 0.3) is 11.8 Å². The van der Waals surface area contributed by atoms with Gasteiger partial charge in [0.15, 0.2) is 0 Å². The monoisotopic (exact) mass is 376 g/mol. The molecule has 9 heteroatoms. The van der Waals surface area contributed by atoms with Crippen molar-refractivity contribution in [2.45, 2.75) is 0 Å². The molecule has 3 N–H and O–H groups in total. The van der Waals surface area contributed by atoms with Gasteiger partial charge in [0.2, 0.25) is 0 Å². The smallest absolute Gasteiger partial charge is 0.291 e. The number of nitrogens with zero attached hydrogens (tertiary/aromatic N) is 4. The van der Waals surface area contributed by atoms with Gasteiger partial charge in [0.1, 0.15) is 17.1 Å². The number of rotatable bonds is 6. The van der Waals surface area contributed by atoms with Gasteiger partial charge in [-0.05, 0) is 42.0 Å². The average Bonchev–Trinajstić information content (AvgIpc) is 2.74. The van der Waals surface area contributed by atoms with Gasteiger partial charge in [-0.1, -0.05) is 0 Å². The minimum absolute atomic E-state index is 0.105. The molecule has 0 aliphatic carbocycles. The van der Waals surface area contributed by atoms with Crippen LogP contribution in [-0.4, -0.2) is 40.1 Å². The second kappa shape index (κ2) is 8.49. The molecular weight excluding hydrogens is 360 g/mol. The quantitative estimate of drug-likeness (QED) is 0.494. The summed E-state index contributed by atoms with van der Waals surface area (Å²) in [6.07, 6.45) is 5.69. The van der Waals surface area contributed by atoms with Gasteiger partial charge in [-0.3, -0.25) is 19.6 Å². The fraction of sp³-hybridized carbons (Fsp3) is 0.0526. The van der Waals surface area contributed by atoms with Crippen LogP contribution < -0.4 is 15.9 Å². The molecular formula is C19H16N6O3. The lowest BCUT2D eigenvalue weighted by Gasteiger charge is -2.04. The number of benzene rings is 1. The molecule has 0 saturated heterocycles. The molecule has 2 aromatic heterocycles. The Bertz CT molecular complexity index is 1030. The molecule has 3 aromatic rings. The summed E-state index contributed by atoms with van der Waals surface area (Å²) in [5.74, 6) is -0.455. The van der Waals surface area contributed by atoms with Crippen LogP contribution >= 0.6 is 0 Å². The Morgan fingerprint density at radius 2 is 1.93 bits per heavy atom. The molecule has 0 bridgehead atoms. The molecule has 0 spiro atoms. The summed E-state index contributed by atoms with van der Waals surface area (Å²) in [6.45, 7) is 0. The van der Waals surface area contributed by atoms with Crippen LogP contribution in [0.25, 0.3) is 11.3 Å². The molecule has 9 nitrogen and oxygen atoms in total. The van der Waals surface area contributed by atoms with Gasteiger partial charge in [0, 0.05) is 11.8 Å². The number of nitrogens with two attached hydrogens (primary N) is 1. The number of hydrogen-bond acceptors (Lipinski definition) is 7. The van der Waals surface area contributed by atoms with Crippen molar-refractivity contribution >= 4 is 18.0 Å². The number of pyridine rings is 1. The third-order valence-corrected chi connectivity index (χ3v) is 3.67. The third kappa shape index (κ3) is 4.52. The lowest BCUT2D eigenvalue weighted by atomic mass is 10.1. The fourth-order valence-electron chi connectivity index (χ4n) is 2.26. The Morgan fingerprint density at radius 3 is 2.64 bits per heavy atom. The second-order valence-electron chi connectivity index (χ2n) is 5.56. The first-order chi connectivity index (χ1) is 13.6. The maximum atomic E-state index is 12.3. The lowest BCUT2D eigenvalue weighted by molar-refractivity contribution is 0.0948. The maximum absolute atomic E-state index is 12.3. The Hall–Kier alpha value is -4.14. The number of ether oxygens (including phenoxy) is 1. The molecule has 0 unspecified atom stereocenters. The number of hydrazone groups is 1. The summed E-state index contributed by atoms with van der Waals surface area (Å²) >= 11 is 0. The van der Waals surface area contributed by atoms with Gasteiger partial charge in [-0.2, -0.15) is 5.10 Å². The summed E-state index contributed by atoms with van der Waals surface area (Å²) in [7, 11) is 1.58. The van der Waals surface area contributed by atoms with Crippen LogP contribution in [0.4, 0.5) is 0 Å². The van der Waals surface area contributed by atoms with Crippen LogP contribution in [-0.2, 0) is 0 Å². The number of primary amides is 1. The predicted molar refractivity (Wildman–Crippen MR) is 102 cm³/mol. The number of methoxy groups -OCH3 is 1. The van der Waals surface area contributed by atoms with E-state index in [2.05, 4.69) is 25.5 Å². The van der Waals surface area contributed by atoms with Crippen LogP contribution in [0.15, 0.2) is 60.1 Å². The molecule has 28 heavy (non-hydrogen) atoms. The zero-order valence-corrected chi connectivity index (χ0v) is 14.9. The molecule has 0 radical (unpaired) electrons. The van der Waals surface area contributed by atoms with E-state index in [4.69, 9.17) is 10.5 Å². The highest BCUT2D eigenvalue weighted by Gasteiger charge is 2.09. The average molecular weight is 376 g/mol. The van der Waals surface area contributed by atoms with Gasteiger partial charge in [-0.25, -0.2) is 10.4 Å². The van der Waals surface area contributed by atoms with Crippen molar-refractivity contribution in [3.8, 4) is 17.0 Å². The van der Waals surface area contributed by atoms with E-state index in [1.807, 2.05) is 12.1 Å². The first-order valence-corrected chi connectivity index (χ1v) is 8.12. The standard InChI is InChI=1S/C19H16N6O3/c1-28-14-4-2-13(3-5-14)16-10-21-11-17(24-16)19(27)25-23-9-12-6-7-22-15(8-12)18(20)26/h2-11H,1H3,(H2,20,26)(H,25,27)/b23-9+. The van der Waals surface area contributed by atoms with E-state index >= 15 is 0 Å². The van der Waals surface area contributed by atoms with Gasteiger partial charge < -0.3 is 10.5 Å². The predicted octanol–water partition coefficient (Wildman–Crippen LogP) is 1.41. The third-order valence-electron chi connectivity index (χ3n) is 3.67. The molecule has 0 atom stereocenters. The molecule has 2 amide bonds. The first kappa shape index (κ1) is 18.6. The van der Waals surface area contributed by atoms with Crippen molar-refractivity contribution in [3.63, 3.8) is 0 Å². The van der Waals surface area contributed by atoms with Crippen molar-refractivity contribution in [1.82, 2.24) is 20.4 Å². The highest BCUT2D eigenvalue weighted by atomic mass is 16.5. The van der Waals surface area contributed by atoms with E-state index in [-0.39, 0.29) is 11.4 Å². The summed E-state index contributed by atoms with van der Waals surface area (Å²) in [5.41, 5.74) is 9.65. The zero-order chi connectivity index (χ0) is 19.9. The summed E-state index contributed by atoms with van der Waals surface area (Å²) < 4.78 is 5.12. The largest absolute Gasteiger partial charge is 0.497 e. The molecule has 140 valence electrons. The first-order valence-electron chi connectivity index (χ1n) is 8.12. The number of aromatic nitrogens is 3. The van der Waals surface area contributed by atoms with E-state index in [1.165, 1.54) is 24.7 Å². The van der Waals surface area contributed by atoms with Crippen LogP contribution in [0.5, 0.6) is 5.75 Å². The molecule has 0 aliphatic heterocycles. The minimum atomic E-state index is -0.648. The molecule has 0 aliphatic rings. The molecule has 0 saturated carbocycles. The van der Waals surface area contributed by atoms with E-state index in [0.29, 0.717) is 11.3 Å². The van der Waals surface area contributed by atoms with Gasteiger partial charge in [0.05, 0.1) is 31.4 Å². The van der Waals surface area contributed by atoms with Crippen LogP contribution in [0.3, 0.4) is 0 Å². The van der Waals surface area contributed by atoms with Crippen LogP contribution in [0.1, 0.15) is 26.5 Å². The van der Waals surface area contributed by atoms with Gasteiger partial charge in [-0.15, -0.1) is 0 Å². The highest BCUT2D eigenvalue weighted by Crippen LogP contribution is 2.20. The fourth-order valence-corrected chi connectivity index (χ4v) is 2.26. The molecule has 1 aromatic carbocycles.